The van der Waals surface area contributed by atoms with Gasteiger partial charge in [0.2, 0.25) is 5.95 Å². The van der Waals surface area contributed by atoms with E-state index >= 15 is 0 Å². The molecular weight excluding hydrogens is 430 g/mol. The van der Waals surface area contributed by atoms with Crippen LogP contribution in [0.5, 0.6) is 0 Å². The number of carbonyl (C=O) groups is 1. The monoisotopic (exact) mass is 457 g/mol. The average molecular weight is 458 g/mol. The van der Waals surface area contributed by atoms with Crippen LogP contribution < -0.4 is 4.90 Å². The van der Waals surface area contributed by atoms with Gasteiger partial charge in [0.25, 0.3) is 0 Å². The largest absolute Gasteiger partial charge is 0.465 e. The second kappa shape index (κ2) is 10.4. The number of nitrogens with zero attached hydrogens (tertiary/aromatic N) is 3. The molecule has 0 spiro atoms. The Bertz CT molecular complexity index is 1190. The predicted octanol–water partition coefficient (Wildman–Crippen LogP) is 6.32. The predicted molar refractivity (Wildman–Crippen MR) is 134 cm³/mol. The number of esters is 1. The molecule has 0 radical (unpaired) electrons. The minimum atomic E-state index is -0.337. The molecule has 0 amide bonds. The van der Waals surface area contributed by atoms with Crippen LogP contribution >= 0.6 is 11.3 Å². The molecule has 0 unspecified atom stereocenters. The fraction of sp³-hybridized carbons (Fsp3) is 0.222. The highest BCUT2D eigenvalue weighted by Gasteiger charge is 2.14. The van der Waals surface area contributed by atoms with E-state index in [4.69, 9.17) is 9.72 Å². The van der Waals surface area contributed by atoms with Crippen molar-refractivity contribution in [2.75, 3.05) is 12.0 Å². The Labute approximate surface area is 198 Å². The van der Waals surface area contributed by atoms with Gasteiger partial charge in [-0.2, -0.15) is 0 Å². The smallest absolute Gasteiger partial charge is 0.337 e. The topological polar surface area (TPSA) is 55.3 Å². The molecule has 2 aromatic carbocycles. The summed E-state index contributed by atoms with van der Waals surface area (Å²) in [6.45, 7) is 5.71. The highest BCUT2D eigenvalue weighted by Crippen LogP contribution is 2.24. The molecule has 6 heteroatoms. The first-order valence-electron chi connectivity index (χ1n) is 10.9. The van der Waals surface area contributed by atoms with Crippen molar-refractivity contribution in [2.24, 2.45) is 0 Å². The van der Waals surface area contributed by atoms with Gasteiger partial charge in [-0.1, -0.05) is 56.3 Å². The standard InChI is InChI=1S/C27H27N3O2S/c1-19(2)21-10-12-22(13-11-21)25-14-15-28-27(29-25)30(18-24-5-4-16-33-24)17-20-6-8-23(9-7-20)26(31)32-3/h4-16,19H,17-18H2,1-3H3. The van der Waals surface area contributed by atoms with Crippen LogP contribution in [0.1, 0.15) is 46.1 Å². The first-order valence-corrected chi connectivity index (χ1v) is 11.8. The molecule has 0 N–H and O–H groups in total. The van der Waals surface area contributed by atoms with Crippen LogP contribution in [0.3, 0.4) is 0 Å². The third-order valence-electron chi connectivity index (χ3n) is 5.47. The van der Waals surface area contributed by atoms with Gasteiger partial charge in [0, 0.05) is 23.2 Å². The molecule has 0 saturated heterocycles. The van der Waals surface area contributed by atoms with E-state index in [0.29, 0.717) is 30.5 Å². The molecule has 0 bridgehead atoms. The minimum absolute atomic E-state index is 0.337. The fourth-order valence-electron chi connectivity index (χ4n) is 3.57. The zero-order valence-electron chi connectivity index (χ0n) is 19.1. The van der Waals surface area contributed by atoms with Gasteiger partial charge in [0.1, 0.15) is 0 Å². The quantitative estimate of drug-likeness (QED) is 0.290. The molecule has 0 atom stereocenters. The number of anilines is 1. The molecule has 5 nitrogen and oxygen atoms in total. The van der Waals surface area contributed by atoms with Crippen LogP contribution in [-0.4, -0.2) is 23.0 Å². The second-order valence-corrected chi connectivity index (χ2v) is 9.17. The van der Waals surface area contributed by atoms with Crippen molar-refractivity contribution < 1.29 is 9.53 Å². The van der Waals surface area contributed by atoms with Gasteiger partial charge in [-0.15, -0.1) is 11.3 Å². The van der Waals surface area contributed by atoms with Crippen molar-refractivity contribution >= 4 is 23.3 Å². The van der Waals surface area contributed by atoms with Crippen LogP contribution in [0.4, 0.5) is 5.95 Å². The summed E-state index contributed by atoms with van der Waals surface area (Å²) in [5.41, 5.74) is 4.88. The maximum Gasteiger partial charge on any atom is 0.337 e. The van der Waals surface area contributed by atoms with Crippen molar-refractivity contribution in [3.8, 4) is 11.3 Å². The molecule has 2 heterocycles. The molecule has 0 aliphatic rings. The van der Waals surface area contributed by atoms with E-state index in [1.165, 1.54) is 17.6 Å². The minimum Gasteiger partial charge on any atom is -0.465 e. The molecule has 0 aliphatic carbocycles. The highest BCUT2D eigenvalue weighted by molar-refractivity contribution is 7.09. The molecule has 0 aliphatic heterocycles. The Morgan fingerprint density at radius 1 is 1.00 bits per heavy atom. The summed E-state index contributed by atoms with van der Waals surface area (Å²) in [5.74, 6) is 0.828. The number of carbonyl (C=O) groups excluding carboxylic acids is 1. The Morgan fingerprint density at radius 2 is 1.76 bits per heavy atom. The van der Waals surface area contributed by atoms with Crippen LogP contribution in [0.25, 0.3) is 11.3 Å². The number of thiophene rings is 1. The lowest BCUT2D eigenvalue weighted by atomic mass is 10.0. The van der Waals surface area contributed by atoms with Gasteiger partial charge in [0.05, 0.1) is 24.9 Å². The summed E-state index contributed by atoms with van der Waals surface area (Å²) >= 11 is 1.71. The van der Waals surface area contributed by atoms with E-state index in [2.05, 4.69) is 65.5 Å². The summed E-state index contributed by atoms with van der Waals surface area (Å²) < 4.78 is 4.80. The SMILES string of the molecule is COC(=O)c1ccc(CN(Cc2cccs2)c2nccc(-c3ccc(C(C)C)cc3)n2)cc1. The zero-order chi connectivity index (χ0) is 23.2. The number of hydrogen-bond donors (Lipinski definition) is 0. The van der Waals surface area contributed by atoms with E-state index in [1.807, 2.05) is 24.4 Å². The van der Waals surface area contributed by atoms with Crippen molar-refractivity contribution in [1.29, 1.82) is 0 Å². The summed E-state index contributed by atoms with van der Waals surface area (Å²) in [5, 5.41) is 2.08. The molecule has 4 rings (SSSR count). The van der Waals surface area contributed by atoms with Crippen molar-refractivity contribution in [3.05, 3.63) is 99.9 Å². The van der Waals surface area contributed by atoms with Gasteiger partial charge < -0.3 is 9.64 Å². The second-order valence-electron chi connectivity index (χ2n) is 8.14. The van der Waals surface area contributed by atoms with Gasteiger partial charge >= 0.3 is 5.97 Å². The van der Waals surface area contributed by atoms with Crippen LogP contribution in [0.2, 0.25) is 0 Å². The van der Waals surface area contributed by atoms with E-state index < -0.39 is 0 Å². The van der Waals surface area contributed by atoms with Crippen molar-refractivity contribution in [3.63, 3.8) is 0 Å². The van der Waals surface area contributed by atoms with Gasteiger partial charge in [-0.25, -0.2) is 14.8 Å². The summed E-state index contributed by atoms with van der Waals surface area (Å²) in [7, 11) is 1.39. The number of ether oxygens (including phenoxy) is 1. The third-order valence-corrected chi connectivity index (χ3v) is 6.34. The fourth-order valence-corrected chi connectivity index (χ4v) is 4.29. The molecule has 168 valence electrons. The lowest BCUT2D eigenvalue weighted by Crippen LogP contribution is -2.24. The van der Waals surface area contributed by atoms with Crippen LogP contribution in [0.15, 0.2) is 78.3 Å². The summed E-state index contributed by atoms with van der Waals surface area (Å²) in [6.07, 6.45) is 1.82. The van der Waals surface area contributed by atoms with Crippen LogP contribution in [-0.2, 0) is 17.8 Å². The molecular formula is C27H27N3O2S. The zero-order valence-corrected chi connectivity index (χ0v) is 19.9. The van der Waals surface area contributed by atoms with E-state index in [1.54, 1.807) is 23.5 Å². The number of benzene rings is 2. The molecule has 0 fully saturated rings. The molecule has 2 aromatic heterocycles. The Morgan fingerprint density at radius 3 is 2.39 bits per heavy atom. The van der Waals surface area contributed by atoms with E-state index in [9.17, 15) is 4.79 Å². The third kappa shape index (κ3) is 5.65. The lowest BCUT2D eigenvalue weighted by molar-refractivity contribution is 0.0600. The maximum absolute atomic E-state index is 11.8. The van der Waals surface area contributed by atoms with Gasteiger partial charge in [-0.05, 0) is 46.7 Å². The number of methoxy groups -OCH3 is 1. The Kier molecular flexibility index (Phi) is 7.15. The normalized spacial score (nSPS) is 10.9. The van der Waals surface area contributed by atoms with Crippen molar-refractivity contribution in [2.45, 2.75) is 32.9 Å². The molecule has 33 heavy (non-hydrogen) atoms. The molecule has 4 aromatic rings. The maximum atomic E-state index is 11.8. The van der Waals surface area contributed by atoms with Crippen LogP contribution in [0, 0.1) is 0 Å². The number of hydrogen-bond acceptors (Lipinski definition) is 6. The Balaban J connectivity index is 1.62. The first-order chi connectivity index (χ1) is 16.0. The van der Waals surface area contributed by atoms with Gasteiger partial charge in [-0.3, -0.25) is 0 Å². The first kappa shape index (κ1) is 22.7. The number of aromatic nitrogens is 2. The summed E-state index contributed by atoms with van der Waals surface area (Å²) in [6, 6.07) is 22.2. The van der Waals surface area contributed by atoms with Gasteiger partial charge in [0.15, 0.2) is 0 Å². The molecule has 0 saturated carbocycles. The Hall–Kier alpha value is -3.51. The highest BCUT2D eigenvalue weighted by atomic mass is 32.1. The summed E-state index contributed by atoms with van der Waals surface area (Å²) in [4.78, 5) is 24.6. The number of rotatable bonds is 8. The lowest BCUT2D eigenvalue weighted by Gasteiger charge is -2.23. The van der Waals surface area contributed by atoms with Crippen molar-refractivity contribution in [1.82, 2.24) is 9.97 Å². The average Bonchev–Trinajstić information content (AvgIpc) is 3.37. The van der Waals surface area contributed by atoms with E-state index in [0.717, 1.165) is 16.8 Å². The van der Waals surface area contributed by atoms with E-state index in [-0.39, 0.29) is 5.97 Å².